The predicted molar refractivity (Wildman–Crippen MR) is 67.8 cm³/mol. The summed E-state index contributed by atoms with van der Waals surface area (Å²) in [4.78, 5) is 11.5. The topological polar surface area (TPSA) is 64.4 Å². The van der Waals surface area contributed by atoms with Crippen molar-refractivity contribution in [2.45, 2.75) is 19.9 Å². The van der Waals surface area contributed by atoms with E-state index in [9.17, 15) is 4.79 Å². The Kier molecular flexibility index (Phi) is 5.49. The Labute approximate surface area is 102 Å². The third-order valence-corrected chi connectivity index (χ3v) is 2.43. The van der Waals surface area contributed by atoms with Crippen LogP contribution in [0.5, 0.6) is 5.75 Å². The van der Waals surface area contributed by atoms with Gasteiger partial charge in [0.15, 0.2) is 0 Å². The van der Waals surface area contributed by atoms with E-state index in [-0.39, 0.29) is 11.8 Å². The van der Waals surface area contributed by atoms with E-state index in [2.05, 4.69) is 5.32 Å². The zero-order chi connectivity index (χ0) is 12.7. The molecular formula is C13H20N2O2. The zero-order valence-electron chi connectivity index (χ0n) is 10.3. The lowest BCUT2D eigenvalue weighted by Gasteiger charge is -2.15. The number of ether oxygens (including phenoxy) is 1. The van der Waals surface area contributed by atoms with Gasteiger partial charge < -0.3 is 15.8 Å². The van der Waals surface area contributed by atoms with Crippen molar-refractivity contribution >= 4 is 5.91 Å². The summed E-state index contributed by atoms with van der Waals surface area (Å²) >= 11 is 0. The smallest absolute Gasteiger partial charge is 0.237 e. The summed E-state index contributed by atoms with van der Waals surface area (Å²) in [6.45, 7) is 4.75. The number of amides is 1. The molecule has 0 aliphatic heterocycles. The first kappa shape index (κ1) is 13.5. The Morgan fingerprint density at radius 1 is 1.35 bits per heavy atom. The maximum atomic E-state index is 11.5. The van der Waals surface area contributed by atoms with Crippen LogP contribution in [0.25, 0.3) is 0 Å². The molecule has 17 heavy (non-hydrogen) atoms. The molecule has 4 heteroatoms. The van der Waals surface area contributed by atoms with Gasteiger partial charge in [-0.25, -0.2) is 0 Å². The predicted octanol–water partition coefficient (Wildman–Crippen LogP) is 1.16. The second kappa shape index (κ2) is 6.91. The second-order valence-corrected chi connectivity index (χ2v) is 4.22. The van der Waals surface area contributed by atoms with Crippen LogP contribution in [-0.4, -0.2) is 25.1 Å². The highest BCUT2D eigenvalue weighted by molar-refractivity contribution is 5.81. The number of hydrogen-bond acceptors (Lipinski definition) is 3. The molecule has 0 unspecified atom stereocenters. The van der Waals surface area contributed by atoms with E-state index in [1.165, 1.54) is 0 Å². The average molecular weight is 236 g/mol. The van der Waals surface area contributed by atoms with Crippen molar-refractivity contribution in [2.24, 2.45) is 11.7 Å². The Morgan fingerprint density at radius 2 is 2.00 bits per heavy atom. The summed E-state index contributed by atoms with van der Waals surface area (Å²) < 4.78 is 5.44. The number of nitrogens with one attached hydrogen (secondary N) is 1. The van der Waals surface area contributed by atoms with E-state index in [1.54, 1.807) is 0 Å². The molecule has 3 N–H and O–H groups in total. The number of carbonyl (C=O) groups is 1. The number of para-hydroxylation sites is 1. The molecule has 0 spiro atoms. The number of hydrogen-bond donors (Lipinski definition) is 2. The molecule has 0 radical (unpaired) electrons. The van der Waals surface area contributed by atoms with E-state index >= 15 is 0 Å². The summed E-state index contributed by atoms with van der Waals surface area (Å²) in [5.41, 5.74) is 5.70. The first-order valence-electron chi connectivity index (χ1n) is 5.82. The van der Waals surface area contributed by atoms with Gasteiger partial charge in [0.05, 0.1) is 12.6 Å². The van der Waals surface area contributed by atoms with E-state index in [4.69, 9.17) is 10.5 Å². The highest BCUT2D eigenvalue weighted by Crippen LogP contribution is 2.07. The molecule has 0 bridgehead atoms. The van der Waals surface area contributed by atoms with Crippen LogP contribution in [0.15, 0.2) is 30.3 Å². The van der Waals surface area contributed by atoms with Crippen LogP contribution in [0.1, 0.15) is 13.8 Å². The van der Waals surface area contributed by atoms with Crippen molar-refractivity contribution in [3.05, 3.63) is 30.3 Å². The molecular weight excluding hydrogens is 216 g/mol. The van der Waals surface area contributed by atoms with Gasteiger partial charge in [0.2, 0.25) is 5.91 Å². The van der Waals surface area contributed by atoms with Crippen LogP contribution in [0.3, 0.4) is 0 Å². The monoisotopic (exact) mass is 236 g/mol. The molecule has 0 fully saturated rings. The van der Waals surface area contributed by atoms with Crippen molar-refractivity contribution in [3.63, 3.8) is 0 Å². The number of nitrogens with two attached hydrogens (primary N) is 1. The minimum absolute atomic E-state index is 0.128. The molecule has 1 amide bonds. The lowest BCUT2D eigenvalue weighted by atomic mass is 10.1. The van der Waals surface area contributed by atoms with Gasteiger partial charge in [-0.15, -0.1) is 0 Å². The van der Waals surface area contributed by atoms with Gasteiger partial charge in [0.1, 0.15) is 12.4 Å². The molecule has 0 saturated heterocycles. The normalized spacial score (nSPS) is 12.2. The summed E-state index contributed by atoms with van der Waals surface area (Å²) in [6.07, 6.45) is 0. The van der Waals surface area contributed by atoms with E-state index in [0.717, 1.165) is 5.75 Å². The lowest BCUT2D eigenvalue weighted by Crippen LogP contribution is -2.45. The molecule has 0 heterocycles. The highest BCUT2D eigenvalue weighted by Gasteiger charge is 2.16. The standard InChI is InChI=1S/C13H20N2O2/c1-10(2)12(14)13(16)15-8-9-17-11-6-4-3-5-7-11/h3-7,10,12H,8-9,14H2,1-2H3,(H,15,16)/t12-/m0/s1. The largest absolute Gasteiger partial charge is 0.492 e. The van der Waals surface area contributed by atoms with Gasteiger partial charge in [0, 0.05) is 0 Å². The molecule has 94 valence electrons. The lowest BCUT2D eigenvalue weighted by molar-refractivity contribution is -0.123. The van der Waals surface area contributed by atoms with Gasteiger partial charge in [-0.2, -0.15) is 0 Å². The third kappa shape index (κ3) is 4.87. The number of rotatable bonds is 6. The maximum absolute atomic E-state index is 11.5. The first-order valence-corrected chi connectivity index (χ1v) is 5.82. The molecule has 1 aromatic carbocycles. The maximum Gasteiger partial charge on any atom is 0.237 e. The van der Waals surface area contributed by atoms with Gasteiger partial charge in [0.25, 0.3) is 0 Å². The molecule has 0 saturated carbocycles. The SMILES string of the molecule is CC(C)[C@H](N)C(=O)NCCOc1ccccc1. The van der Waals surface area contributed by atoms with Crippen LogP contribution in [-0.2, 0) is 4.79 Å². The Morgan fingerprint density at radius 3 is 2.59 bits per heavy atom. The minimum Gasteiger partial charge on any atom is -0.492 e. The summed E-state index contributed by atoms with van der Waals surface area (Å²) in [5, 5.41) is 2.75. The second-order valence-electron chi connectivity index (χ2n) is 4.22. The summed E-state index contributed by atoms with van der Waals surface area (Å²) in [6, 6.07) is 9.04. The van der Waals surface area contributed by atoms with E-state index in [0.29, 0.717) is 13.2 Å². The van der Waals surface area contributed by atoms with Gasteiger partial charge in [-0.05, 0) is 18.1 Å². The molecule has 0 aromatic heterocycles. The Balaban J connectivity index is 2.18. The van der Waals surface area contributed by atoms with Crippen molar-refractivity contribution < 1.29 is 9.53 Å². The fourth-order valence-electron chi connectivity index (χ4n) is 1.28. The van der Waals surface area contributed by atoms with Gasteiger partial charge in [-0.3, -0.25) is 4.79 Å². The van der Waals surface area contributed by atoms with Crippen LogP contribution >= 0.6 is 0 Å². The van der Waals surface area contributed by atoms with Crippen molar-refractivity contribution in [1.82, 2.24) is 5.32 Å². The van der Waals surface area contributed by atoms with Crippen LogP contribution < -0.4 is 15.8 Å². The molecule has 1 rings (SSSR count). The number of benzene rings is 1. The molecule has 1 aromatic rings. The average Bonchev–Trinajstić information content (AvgIpc) is 2.34. The van der Waals surface area contributed by atoms with Crippen LogP contribution in [0.2, 0.25) is 0 Å². The fraction of sp³-hybridized carbons (Fsp3) is 0.462. The first-order chi connectivity index (χ1) is 8.11. The Bertz CT molecular complexity index is 339. The van der Waals surface area contributed by atoms with E-state index in [1.807, 2.05) is 44.2 Å². The molecule has 4 nitrogen and oxygen atoms in total. The van der Waals surface area contributed by atoms with Crippen molar-refractivity contribution in [1.29, 1.82) is 0 Å². The van der Waals surface area contributed by atoms with Gasteiger partial charge in [-0.1, -0.05) is 32.0 Å². The van der Waals surface area contributed by atoms with E-state index < -0.39 is 6.04 Å². The van der Waals surface area contributed by atoms with Crippen molar-refractivity contribution in [2.75, 3.05) is 13.2 Å². The quantitative estimate of drug-likeness (QED) is 0.729. The summed E-state index contributed by atoms with van der Waals surface area (Å²) in [7, 11) is 0. The molecule has 0 aliphatic carbocycles. The van der Waals surface area contributed by atoms with Crippen molar-refractivity contribution in [3.8, 4) is 5.75 Å². The molecule has 1 atom stereocenters. The highest BCUT2D eigenvalue weighted by atomic mass is 16.5. The fourth-order valence-corrected chi connectivity index (χ4v) is 1.28. The summed E-state index contributed by atoms with van der Waals surface area (Å²) in [5.74, 6) is 0.816. The molecule has 0 aliphatic rings. The minimum atomic E-state index is -0.452. The zero-order valence-corrected chi connectivity index (χ0v) is 10.3. The van der Waals surface area contributed by atoms with Crippen LogP contribution in [0, 0.1) is 5.92 Å². The number of carbonyl (C=O) groups excluding carboxylic acids is 1. The Hall–Kier alpha value is -1.55. The third-order valence-electron chi connectivity index (χ3n) is 2.43. The van der Waals surface area contributed by atoms with Gasteiger partial charge >= 0.3 is 0 Å². The van der Waals surface area contributed by atoms with Crippen LogP contribution in [0.4, 0.5) is 0 Å².